The van der Waals surface area contributed by atoms with Crippen LogP contribution in [0, 0.1) is 29.1 Å². The van der Waals surface area contributed by atoms with Crippen LogP contribution in [0.5, 0.6) is 0 Å². The summed E-state index contributed by atoms with van der Waals surface area (Å²) in [5.41, 5.74) is 0.0797. The van der Waals surface area contributed by atoms with Crippen LogP contribution in [0.4, 0.5) is 0 Å². The Labute approximate surface area is 122 Å². The molecule has 3 aliphatic rings. The van der Waals surface area contributed by atoms with E-state index in [1.807, 2.05) is 0 Å². The maximum atomic E-state index is 12.2. The van der Waals surface area contributed by atoms with Gasteiger partial charge in [-0.25, -0.2) is 0 Å². The molecule has 0 aromatic rings. The lowest BCUT2D eigenvalue weighted by Crippen LogP contribution is -2.53. The van der Waals surface area contributed by atoms with E-state index in [1.54, 1.807) is 0 Å². The zero-order valence-corrected chi connectivity index (χ0v) is 13.7. The van der Waals surface area contributed by atoms with E-state index in [1.165, 1.54) is 0 Å². The minimum atomic E-state index is -3.35. The zero-order chi connectivity index (χ0) is 15.1. The van der Waals surface area contributed by atoms with Gasteiger partial charge in [0.25, 0.3) is 10.1 Å². The van der Waals surface area contributed by atoms with Gasteiger partial charge >= 0.3 is 0 Å². The first-order chi connectivity index (χ1) is 9.15. The van der Waals surface area contributed by atoms with Crippen LogP contribution >= 0.6 is 0 Å². The monoisotopic (exact) mass is 302 g/mol. The molecular weight excluding hydrogens is 276 g/mol. The Hall–Kier alpha value is -0.420. The Morgan fingerprint density at radius 2 is 2.10 bits per heavy atom. The molecule has 2 bridgehead atoms. The van der Waals surface area contributed by atoms with Crippen molar-refractivity contribution >= 4 is 15.9 Å². The molecule has 116 valence electrons. The molecule has 0 N–H and O–H groups in total. The number of hydrogen-bond donors (Lipinski definition) is 0. The van der Waals surface area contributed by atoms with Crippen molar-refractivity contribution in [2.45, 2.75) is 46.5 Å². The second-order valence-corrected chi connectivity index (χ2v) is 8.64. The van der Waals surface area contributed by atoms with E-state index in [0.29, 0.717) is 17.6 Å². The second-order valence-electron chi connectivity index (χ2n) is 7.00. The summed E-state index contributed by atoms with van der Waals surface area (Å²) < 4.78 is 26.9. The van der Waals surface area contributed by atoms with Crippen molar-refractivity contribution in [3.05, 3.63) is 0 Å². The van der Waals surface area contributed by atoms with Crippen molar-refractivity contribution in [1.29, 1.82) is 0 Å². The number of hydrogen-bond acceptors (Lipinski definition) is 4. The first kappa shape index (κ1) is 16.0. The van der Waals surface area contributed by atoms with E-state index in [0.717, 1.165) is 31.9 Å². The van der Waals surface area contributed by atoms with Gasteiger partial charge in [0.1, 0.15) is 5.78 Å². The largest absolute Gasteiger partial charge is 0.299 e. The van der Waals surface area contributed by atoms with Crippen molar-refractivity contribution in [2.75, 3.05) is 12.9 Å². The molecule has 3 saturated carbocycles. The van der Waals surface area contributed by atoms with Gasteiger partial charge in [0.05, 0.1) is 12.9 Å². The average molecular weight is 302 g/mol. The topological polar surface area (TPSA) is 60.4 Å². The predicted molar refractivity (Wildman–Crippen MR) is 77.7 cm³/mol. The van der Waals surface area contributed by atoms with Crippen molar-refractivity contribution in [3.63, 3.8) is 0 Å². The summed E-state index contributed by atoms with van der Waals surface area (Å²) in [7, 11) is -3.35. The molecule has 0 unspecified atom stereocenters. The average Bonchev–Trinajstić information content (AvgIpc) is 2.34. The van der Waals surface area contributed by atoms with Gasteiger partial charge in [-0.2, -0.15) is 8.42 Å². The third kappa shape index (κ3) is 2.93. The van der Waals surface area contributed by atoms with Crippen molar-refractivity contribution < 1.29 is 17.4 Å². The molecule has 0 aromatic heterocycles. The molecule has 3 aliphatic carbocycles. The Bertz CT molecular complexity index is 484. The summed E-state index contributed by atoms with van der Waals surface area (Å²) in [4.78, 5) is 12.2. The van der Waals surface area contributed by atoms with Crippen LogP contribution in [0.25, 0.3) is 0 Å². The Morgan fingerprint density at radius 3 is 2.70 bits per heavy atom. The highest BCUT2D eigenvalue weighted by Gasteiger charge is 2.54. The summed E-state index contributed by atoms with van der Waals surface area (Å²) in [6.07, 6.45) is 4.94. The SMILES string of the molecule is C[C@@H]1C(=O)[C@@H]2CC[C@@]1(C)[C@H]([C@@H](C)CCOS(C)(=O)=O)C2. The van der Waals surface area contributed by atoms with Gasteiger partial charge < -0.3 is 0 Å². The van der Waals surface area contributed by atoms with Gasteiger partial charge in [0.15, 0.2) is 0 Å². The third-order valence-electron chi connectivity index (χ3n) is 5.79. The van der Waals surface area contributed by atoms with E-state index in [-0.39, 0.29) is 23.9 Å². The van der Waals surface area contributed by atoms with Crippen LogP contribution in [0.3, 0.4) is 0 Å². The lowest BCUT2D eigenvalue weighted by molar-refractivity contribution is -0.150. The highest BCUT2D eigenvalue weighted by Crippen LogP contribution is 2.57. The molecule has 5 heteroatoms. The number of fused-ring (bicyclic) bond motifs is 3. The molecule has 5 atom stereocenters. The number of rotatable bonds is 5. The Kier molecular flexibility index (Phi) is 4.32. The summed E-state index contributed by atoms with van der Waals surface area (Å²) in [5, 5.41) is 0. The van der Waals surface area contributed by atoms with Gasteiger partial charge in [0.2, 0.25) is 0 Å². The van der Waals surface area contributed by atoms with Crippen LogP contribution in [0.2, 0.25) is 0 Å². The highest BCUT2D eigenvalue weighted by molar-refractivity contribution is 7.85. The molecular formula is C15H26O4S. The van der Waals surface area contributed by atoms with Gasteiger partial charge in [0, 0.05) is 11.8 Å². The first-order valence-electron chi connectivity index (χ1n) is 7.53. The predicted octanol–water partition coefficient (Wildman–Crippen LogP) is 2.63. The van der Waals surface area contributed by atoms with E-state index in [2.05, 4.69) is 20.8 Å². The molecule has 0 saturated heterocycles. The summed E-state index contributed by atoms with van der Waals surface area (Å²) in [6.45, 7) is 6.73. The maximum Gasteiger partial charge on any atom is 0.264 e. The first-order valence-corrected chi connectivity index (χ1v) is 9.35. The van der Waals surface area contributed by atoms with Crippen LogP contribution < -0.4 is 0 Å². The molecule has 3 rings (SSSR count). The van der Waals surface area contributed by atoms with Crippen LogP contribution in [0.15, 0.2) is 0 Å². The normalized spacial score (nSPS) is 39.0. The molecule has 4 nitrogen and oxygen atoms in total. The second kappa shape index (κ2) is 5.41. The van der Waals surface area contributed by atoms with Crippen molar-refractivity contribution in [2.24, 2.45) is 29.1 Å². The van der Waals surface area contributed by atoms with E-state index < -0.39 is 10.1 Å². The lowest BCUT2D eigenvalue weighted by Gasteiger charge is -2.55. The molecule has 0 aromatic carbocycles. The molecule has 0 spiro atoms. The van der Waals surface area contributed by atoms with Gasteiger partial charge in [-0.3, -0.25) is 8.98 Å². The third-order valence-corrected chi connectivity index (χ3v) is 6.39. The fourth-order valence-electron chi connectivity index (χ4n) is 4.31. The molecule has 20 heavy (non-hydrogen) atoms. The quantitative estimate of drug-likeness (QED) is 0.732. The maximum absolute atomic E-state index is 12.2. The van der Waals surface area contributed by atoms with Crippen LogP contribution in [-0.2, 0) is 19.1 Å². The van der Waals surface area contributed by atoms with Crippen LogP contribution in [-0.4, -0.2) is 27.1 Å². The fraction of sp³-hybridized carbons (Fsp3) is 0.933. The van der Waals surface area contributed by atoms with Gasteiger partial charge in [-0.05, 0) is 42.9 Å². The highest BCUT2D eigenvalue weighted by atomic mass is 32.2. The van der Waals surface area contributed by atoms with E-state index >= 15 is 0 Å². The Balaban J connectivity index is 2.00. The number of ketones is 1. The smallest absolute Gasteiger partial charge is 0.264 e. The standard InChI is InChI=1S/C15H26O4S/c1-10(6-8-19-20(4,17)18)13-9-12-5-7-15(13,3)11(2)14(12)16/h10-13H,5-9H2,1-4H3/t10-,11+,12+,13-,15+/m0/s1. The van der Waals surface area contributed by atoms with Gasteiger partial charge in [-0.15, -0.1) is 0 Å². The molecule has 0 amide bonds. The summed E-state index contributed by atoms with van der Waals surface area (Å²) in [6, 6.07) is 0. The number of carbonyl (C=O) groups excluding carboxylic acids is 1. The Morgan fingerprint density at radius 1 is 1.45 bits per heavy atom. The molecule has 0 heterocycles. The van der Waals surface area contributed by atoms with Crippen molar-refractivity contribution in [3.8, 4) is 0 Å². The molecule has 0 aliphatic heterocycles. The van der Waals surface area contributed by atoms with Crippen LogP contribution in [0.1, 0.15) is 46.5 Å². The van der Waals surface area contributed by atoms with E-state index in [9.17, 15) is 13.2 Å². The lowest BCUT2D eigenvalue weighted by atomic mass is 9.48. The molecule has 0 radical (unpaired) electrons. The minimum absolute atomic E-state index is 0.0797. The fourth-order valence-corrected chi connectivity index (χ4v) is 4.71. The number of carbonyl (C=O) groups is 1. The van der Waals surface area contributed by atoms with E-state index in [4.69, 9.17) is 4.18 Å². The zero-order valence-electron chi connectivity index (χ0n) is 12.9. The summed E-state index contributed by atoms with van der Waals surface area (Å²) in [5.74, 6) is 1.69. The number of Topliss-reactive ketones (excluding diaryl/α,β-unsaturated/α-hetero) is 1. The van der Waals surface area contributed by atoms with Crippen molar-refractivity contribution in [1.82, 2.24) is 0 Å². The van der Waals surface area contributed by atoms with Gasteiger partial charge in [-0.1, -0.05) is 20.8 Å². The summed E-state index contributed by atoms with van der Waals surface area (Å²) >= 11 is 0. The minimum Gasteiger partial charge on any atom is -0.299 e. The molecule has 3 fully saturated rings.